The zero-order valence-corrected chi connectivity index (χ0v) is 18.1. The van der Waals surface area contributed by atoms with E-state index in [1.165, 1.54) is 4.90 Å². The average molecular weight is 421 g/mol. The van der Waals surface area contributed by atoms with Crippen LogP contribution in [0, 0.1) is 6.92 Å². The number of nitrogens with one attached hydrogen (secondary N) is 1. The van der Waals surface area contributed by atoms with E-state index in [2.05, 4.69) is 10.2 Å². The number of hydrogen-bond acceptors (Lipinski definition) is 5. The normalized spacial score (nSPS) is 17.5. The molecule has 2 aliphatic rings. The summed E-state index contributed by atoms with van der Waals surface area (Å²) in [6.07, 6.45) is 3.94. The maximum atomic E-state index is 12.9. The van der Waals surface area contributed by atoms with Gasteiger partial charge in [0.15, 0.2) is 0 Å². The fourth-order valence-electron chi connectivity index (χ4n) is 4.09. The highest BCUT2D eigenvalue weighted by atomic mass is 16.5. The van der Waals surface area contributed by atoms with Crippen molar-refractivity contribution in [2.75, 3.05) is 32.2 Å². The van der Waals surface area contributed by atoms with Gasteiger partial charge in [0.05, 0.1) is 26.5 Å². The highest BCUT2D eigenvalue weighted by Gasteiger charge is 2.34. The van der Waals surface area contributed by atoms with Crippen LogP contribution in [-0.2, 0) is 11.3 Å². The van der Waals surface area contributed by atoms with E-state index in [9.17, 15) is 9.59 Å². The summed E-state index contributed by atoms with van der Waals surface area (Å²) >= 11 is 0. The van der Waals surface area contributed by atoms with Crippen molar-refractivity contribution in [2.45, 2.75) is 26.3 Å². The minimum atomic E-state index is -0.433. The monoisotopic (exact) mass is 421 g/mol. The number of carbonyl (C=O) groups is 2. The molecule has 162 valence electrons. The number of urea groups is 1. The largest absolute Gasteiger partial charge is 0.496 e. The van der Waals surface area contributed by atoms with Crippen molar-refractivity contribution in [1.29, 1.82) is 0 Å². The topological polar surface area (TPSA) is 71.1 Å². The zero-order chi connectivity index (χ0) is 22.0. The Kier molecular flexibility index (Phi) is 5.84. The molecule has 0 radical (unpaired) electrons. The summed E-state index contributed by atoms with van der Waals surface area (Å²) in [6, 6.07) is 11.1. The number of imide groups is 1. The molecule has 2 heterocycles. The second-order valence-corrected chi connectivity index (χ2v) is 7.83. The molecule has 2 aliphatic heterocycles. The number of nitrogens with zero attached hydrogens (tertiary/aromatic N) is 2. The number of carbonyl (C=O) groups excluding carboxylic acids is 2. The van der Waals surface area contributed by atoms with Gasteiger partial charge >= 0.3 is 6.03 Å². The summed E-state index contributed by atoms with van der Waals surface area (Å²) in [5.41, 5.74) is 3.84. The van der Waals surface area contributed by atoms with E-state index in [-0.39, 0.29) is 18.1 Å². The number of amides is 3. The quantitative estimate of drug-likeness (QED) is 0.569. The summed E-state index contributed by atoms with van der Waals surface area (Å²) in [5.74, 6) is 0.966. The lowest BCUT2D eigenvalue weighted by Gasteiger charge is -2.22. The van der Waals surface area contributed by atoms with Crippen LogP contribution < -0.4 is 19.7 Å². The molecule has 2 aromatic carbocycles. The van der Waals surface area contributed by atoms with Gasteiger partial charge in [-0.1, -0.05) is 29.8 Å². The standard InChI is InChI=1S/C24H27N3O4/c1-16-7-6-8-17(11-16)15-27-23(28)19(25-24(27)29)12-18-13-22(31-3)20(14-21(18)30-2)26-9-4-5-10-26/h6-8,11-14H,4-5,9-10,15H2,1-3H3,(H,25,29)/b19-12+. The molecule has 7 nitrogen and oxygen atoms in total. The fourth-order valence-corrected chi connectivity index (χ4v) is 4.09. The van der Waals surface area contributed by atoms with Gasteiger partial charge in [0.2, 0.25) is 0 Å². The molecule has 0 spiro atoms. The Labute approximate surface area is 182 Å². The Morgan fingerprint density at radius 3 is 2.45 bits per heavy atom. The maximum absolute atomic E-state index is 12.9. The molecule has 0 atom stereocenters. The van der Waals surface area contributed by atoms with Crippen molar-refractivity contribution >= 4 is 23.7 Å². The minimum Gasteiger partial charge on any atom is -0.496 e. The lowest BCUT2D eigenvalue weighted by atomic mass is 10.1. The van der Waals surface area contributed by atoms with Gasteiger partial charge in [-0.25, -0.2) is 4.79 Å². The van der Waals surface area contributed by atoms with Gasteiger partial charge in [0, 0.05) is 24.7 Å². The van der Waals surface area contributed by atoms with Gasteiger partial charge in [-0.3, -0.25) is 9.69 Å². The molecular formula is C24H27N3O4. The van der Waals surface area contributed by atoms with Crippen molar-refractivity contribution < 1.29 is 19.1 Å². The van der Waals surface area contributed by atoms with E-state index >= 15 is 0 Å². The third-order valence-corrected chi connectivity index (χ3v) is 5.66. The average Bonchev–Trinajstić information content (AvgIpc) is 3.38. The highest BCUT2D eigenvalue weighted by molar-refractivity contribution is 6.14. The lowest BCUT2D eigenvalue weighted by Crippen LogP contribution is -2.30. The number of anilines is 1. The predicted molar refractivity (Wildman–Crippen MR) is 119 cm³/mol. The second kappa shape index (κ2) is 8.71. The van der Waals surface area contributed by atoms with E-state index in [4.69, 9.17) is 9.47 Å². The van der Waals surface area contributed by atoms with E-state index in [0.29, 0.717) is 17.1 Å². The van der Waals surface area contributed by atoms with E-state index in [1.807, 2.05) is 43.3 Å². The number of rotatable bonds is 6. The van der Waals surface area contributed by atoms with Crippen LogP contribution in [0.5, 0.6) is 11.5 Å². The van der Waals surface area contributed by atoms with Crippen LogP contribution >= 0.6 is 0 Å². The Bertz CT molecular complexity index is 1040. The first-order valence-electron chi connectivity index (χ1n) is 10.4. The first-order chi connectivity index (χ1) is 15.0. The van der Waals surface area contributed by atoms with Crippen molar-refractivity contribution in [3.05, 3.63) is 58.8 Å². The Hall–Kier alpha value is -3.48. The SMILES string of the molecule is COc1cc(N2CCCC2)c(OC)cc1/C=C1/NC(=O)N(Cc2cccc(C)c2)C1=O. The summed E-state index contributed by atoms with van der Waals surface area (Å²) in [7, 11) is 3.22. The fraction of sp³-hybridized carbons (Fsp3) is 0.333. The van der Waals surface area contributed by atoms with Gasteiger partial charge in [-0.2, -0.15) is 0 Å². The number of ether oxygens (including phenoxy) is 2. The molecule has 4 rings (SSSR count). The van der Waals surface area contributed by atoms with Gasteiger partial charge < -0.3 is 19.7 Å². The maximum Gasteiger partial charge on any atom is 0.329 e. The molecule has 0 bridgehead atoms. The molecule has 2 aromatic rings. The van der Waals surface area contributed by atoms with E-state index in [1.54, 1.807) is 20.3 Å². The van der Waals surface area contributed by atoms with Crippen LogP contribution in [0.2, 0.25) is 0 Å². The lowest BCUT2D eigenvalue weighted by molar-refractivity contribution is -0.123. The molecular weight excluding hydrogens is 394 g/mol. The number of benzene rings is 2. The number of methoxy groups -OCH3 is 2. The minimum absolute atomic E-state index is 0.215. The molecule has 0 aromatic heterocycles. The van der Waals surface area contributed by atoms with Crippen LogP contribution in [0.3, 0.4) is 0 Å². The predicted octanol–water partition coefficient (Wildman–Crippen LogP) is 3.71. The second-order valence-electron chi connectivity index (χ2n) is 7.83. The summed E-state index contributed by atoms with van der Waals surface area (Å²) in [5, 5.41) is 2.69. The first kappa shape index (κ1) is 20.8. The Balaban J connectivity index is 1.63. The van der Waals surface area contributed by atoms with Crippen molar-refractivity contribution in [2.24, 2.45) is 0 Å². The number of hydrogen-bond donors (Lipinski definition) is 1. The van der Waals surface area contributed by atoms with Crippen LogP contribution in [0.4, 0.5) is 10.5 Å². The molecule has 7 heteroatoms. The van der Waals surface area contributed by atoms with Gasteiger partial charge in [-0.05, 0) is 37.5 Å². The molecule has 1 N–H and O–H groups in total. The third kappa shape index (κ3) is 4.21. The summed E-state index contributed by atoms with van der Waals surface area (Å²) in [6.45, 7) is 4.15. The molecule has 2 saturated heterocycles. The van der Waals surface area contributed by atoms with Gasteiger partial charge in [-0.15, -0.1) is 0 Å². The summed E-state index contributed by atoms with van der Waals surface area (Å²) < 4.78 is 11.2. The third-order valence-electron chi connectivity index (χ3n) is 5.66. The molecule has 0 aliphatic carbocycles. The molecule has 0 unspecified atom stereocenters. The van der Waals surface area contributed by atoms with E-state index in [0.717, 1.165) is 42.7 Å². The van der Waals surface area contributed by atoms with Crippen molar-refractivity contribution in [1.82, 2.24) is 10.2 Å². The van der Waals surface area contributed by atoms with Crippen LogP contribution in [0.25, 0.3) is 6.08 Å². The molecule has 3 amide bonds. The van der Waals surface area contributed by atoms with Crippen LogP contribution in [0.15, 0.2) is 42.1 Å². The van der Waals surface area contributed by atoms with Crippen LogP contribution in [-0.4, -0.2) is 44.1 Å². The Morgan fingerprint density at radius 2 is 1.77 bits per heavy atom. The van der Waals surface area contributed by atoms with Gasteiger partial charge in [0.1, 0.15) is 17.2 Å². The van der Waals surface area contributed by atoms with Crippen molar-refractivity contribution in [3.63, 3.8) is 0 Å². The highest BCUT2D eigenvalue weighted by Crippen LogP contribution is 2.38. The molecule has 31 heavy (non-hydrogen) atoms. The van der Waals surface area contributed by atoms with Crippen molar-refractivity contribution in [3.8, 4) is 11.5 Å². The van der Waals surface area contributed by atoms with E-state index < -0.39 is 6.03 Å². The van der Waals surface area contributed by atoms with Crippen LogP contribution in [0.1, 0.15) is 29.5 Å². The van der Waals surface area contributed by atoms with Gasteiger partial charge in [0.25, 0.3) is 5.91 Å². The zero-order valence-electron chi connectivity index (χ0n) is 18.1. The molecule has 2 fully saturated rings. The summed E-state index contributed by atoms with van der Waals surface area (Å²) in [4.78, 5) is 28.9. The Morgan fingerprint density at radius 1 is 1.03 bits per heavy atom. The smallest absolute Gasteiger partial charge is 0.329 e. The molecule has 0 saturated carbocycles. The first-order valence-corrected chi connectivity index (χ1v) is 10.4. The number of aryl methyl sites for hydroxylation is 1.